The Balaban J connectivity index is 2.13. The molecule has 0 saturated heterocycles. The maximum absolute atomic E-state index is 13.5. The number of anilines is 1. The number of nitrogens with zero attached hydrogens (tertiary/aromatic N) is 3. The lowest BCUT2D eigenvalue weighted by Crippen LogP contribution is -2.09. The highest BCUT2D eigenvalue weighted by Crippen LogP contribution is 2.19. The molecule has 1 N–H and O–H groups in total. The maximum Gasteiger partial charge on any atom is 0.163 e. The number of hydrogen-bond acceptors (Lipinski definition) is 4. The van der Waals surface area contributed by atoms with Crippen molar-refractivity contribution in [2.45, 2.75) is 19.9 Å². The van der Waals surface area contributed by atoms with E-state index in [2.05, 4.69) is 15.5 Å². The Morgan fingerprint density at radius 1 is 1.26 bits per heavy atom. The largest absolute Gasteiger partial charge is 0.362 e. The van der Waals surface area contributed by atoms with Crippen molar-refractivity contribution in [1.82, 2.24) is 10.2 Å². The van der Waals surface area contributed by atoms with Crippen molar-refractivity contribution >= 4 is 5.82 Å². The van der Waals surface area contributed by atoms with E-state index in [1.54, 1.807) is 25.1 Å². The Morgan fingerprint density at radius 3 is 2.63 bits per heavy atom. The molecule has 0 spiro atoms. The van der Waals surface area contributed by atoms with E-state index < -0.39 is 0 Å². The van der Waals surface area contributed by atoms with Crippen LogP contribution in [0.25, 0.3) is 0 Å². The molecule has 1 unspecified atom stereocenters. The van der Waals surface area contributed by atoms with Crippen LogP contribution in [0.4, 0.5) is 10.2 Å². The zero-order valence-electron chi connectivity index (χ0n) is 10.7. The van der Waals surface area contributed by atoms with E-state index in [1.165, 1.54) is 6.07 Å². The van der Waals surface area contributed by atoms with Crippen LogP contribution in [0, 0.1) is 24.1 Å². The molecule has 0 saturated carbocycles. The van der Waals surface area contributed by atoms with Crippen LogP contribution in [-0.2, 0) is 0 Å². The molecule has 5 heteroatoms. The third-order valence-electron chi connectivity index (χ3n) is 2.84. The van der Waals surface area contributed by atoms with Gasteiger partial charge in [0.2, 0.25) is 0 Å². The lowest BCUT2D eigenvalue weighted by atomic mass is 10.1. The highest BCUT2D eigenvalue weighted by atomic mass is 19.1. The average molecular weight is 256 g/mol. The lowest BCUT2D eigenvalue weighted by Gasteiger charge is -2.15. The summed E-state index contributed by atoms with van der Waals surface area (Å²) in [6, 6.07) is 10.2. The monoisotopic (exact) mass is 256 g/mol. The number of nitrogens with one attached hydrogen (secondary N) is 1. The van der Waals surface area contributed by atoms with Gasteiger partial charge in [-0.2, -0.15) is 5.26 Å². The second kappa shape index (κ2) is 5.44. The molecule has 0 amide bonds. The Morgan fingerprint density at radius 2 is 2.05 bits per heavy atom. The van der Waals surface area contributed by atoms with Gasteiger partial charge in [0.25, 0.3) is 0 Å². The van der Waals surface area contributed by atoms with Crippen LogP contribution in [0.15, 0.2) is 30.3 Å². The summed E-state index contributed by atoms with van der Waals surface area (Å²) in [5, 5.41) is 19.3. The van der Waals surface area contributed by atoms with Gasteiger partial charge < -0.3 is 5.32 Å². The molecule has 96 valence electrons. The maximum atomic E-state index is 13.5. The second-order valence-electron chi connectivity index (χ2n) is 4.29. The lowest BCUT2D eigenvalue weighted by molar-refractivity contribution is 0.614. The number of halogens is 1. The average Bonchev–Trinajstić information content (AvgIpc) is 2.42. The van der Waals surface area contributed by atoms with Gasteiger partial charge in [-0.3, -0.25) is 0 Å². The van der Waals surface area contributed by atoms with E-state index in [-0.39, 0.29) is 17.6 Å². The molecule has 1 aromatic carbocycles. The van der Waals surface area contributed by atoms with Gasteiger partial charge in [0, 0.05) is 0 Å². The SMILES string of the molecule is Cc1ccc(C(C)Nc2ccc(C#N)nn2)cc1F. The van der Waals surface area contributed by atoms with Crippen molar-refractivity contribution in [3.8, 4) is 6.07 Å². The predicted octanol–water partition coefficient (Wildman–Crippen LogP) is 2.97. The van der Waals surface area contributed by atoms with Crippen molar-refractivity contribution in [1.29, 1.82) is 5.26 Å². The summed E-state index contributed by atoms with van der Waals surface area (Å²) in [4.78, 5) is 0. The van der Waals surface area contributed by atoms with E-state index in [0.717, 1.165) is 5.56 Å². The first-order valence-corrected chi connectivity index (χ1v) is 5.86. The van der Waals surface area contributed by atoms with Gasteiger partial charge in [-0.25, -0.2) is 4.39 Å². The highest BCUT2D eigenvalue weighted by Gasteiger charge is 2.08. The molecule has 2 aromatic rings. The molecular weight excluding hydrogens is 243 g/mol. The van der Waals surface area contributed by atoms with Crippen LogP contribution in [0.2, 0.25) is 0 Å². The van der Waals surface area contributed by atoms with Crippen LogP contribution < -0.4 is 5.32 Å². The molecule has 1 heterocycles. The summed E-state index contributed by atoms with van der Waals surface area (Å²) < 4.78 is 13.5. The van der Waals surface area contributed by atoms with E-state index in [4.69, 9.17) is 5.26 Å². The van der Waals surface area contributed by atoms with Gasteiger partial charge in [0.1, 0.15) is 17.7 Å². The summed E-state index contributed by atoms with van der Waals surface area (Å²) in [6.07, 6.45) is 0. The van der Waals surface area contributed by atoms with Crippen LogP contribution in [0.3, 0.4) is 0 Å². The summed E-state index contributed by atoms with van der Waals surface area (Å²) in [7, 11) is 0. The minimum atomic E-state index is -0.225. The first-order chi connectivity index (χ1) is 9.10. The second-order valence-corrected chi connectivity index (χ2v) is 4.29. The molecule has 19 heavy (non-hydrogen) atoms. The quantitative estimate of drug-likeness (QED) is 0.917. The molecular formula is C14H13FN4. The Labute approximate surface area is 110 Å². The molecule has 0 aliphatic heterocycles. The van der Waals surface area contributed by atoms with E-state index in [9.17, 15) is 4.39 Å². The third kappa shape index (κ3) is 3.05. The van der Waals surface area contributed by atoms with Gasteiger partial charge in [-0.15, -0.1) is 10.2 Å². The molecule has 0 aliphatic carbocycles. The minimum absolute atomic E-state index is 0.0997. The number of rotatable bonds is 3. The first-order valence-electron chi connectivity index (χ1n) is 5.86. The van der Waals surface area contributed by atoms with Gasteiger partial charge in [0.05, 0.1) is 6.04 Å². The Kier molecular flexibility index (Phi) is 3.71. The van der Waals surface area contributed by atoms with Crippen LogP contribution in [-0.4, -0.2) is 10.2 Å². The number of aryl methyl sites for hydroxylation is 1. The Hall–Kier alpha value is -2.48. The number of hydrogen-bond donors (Lipinski definition) is 1. The third-order valence-corrected chi connectivity index (χ3v) is 2.84. The van der Waals surface area contributed by atoms with Crippen molar-refractivity contribution in [3.05, 3.63) is 53.0 Å². The molecule has 1 aromatic heterocycles. The zero-order chi connectivity index (χ0) is 13.8. The number of nitriles is 1. The van der Waals surface area contributed by atoms with Crippen LogP contribution in [0.1, 0.15) is 29.8 Å². The normalized spacial score (nSPS) is 11.7. The first kappa shape index (κ1) is 13.0. The molecule has 0 aliphatic rings. The van der Waals surface area contributed by atoms with Crippen LogP contribution >= 0.6 is 0 Å². The van der Waals surface area contributed by atoms with Crippen molar-refractivity contribution in [3.63, 3.8) is 0 Å². The van der Waals surface area contributed by atoms with Gasteiger partial charge in [-0.05, 0) is 43.2 Å². The van der Waals surface area contributed by atoms with Crippen molar-refractivity contribution < 1.29 is 4.39 Å². The van der Waals surface area contributed by atoms with Crippen molar-refractivity contribution in [2.75, 3.05) is 5.32 Å². The van der Waals surface area contributed by atoms with E-state index in [1.807, 2.05) is 19.1 Å². The summed E-state index contributed by atoms with van der Waals surface area (Å²) in [6.45, 7) is 3.63. The molecule has 0 radical (unpaired) electrons. The van der Waals surface area contributed by atoms with Gasteiger partial charge in [0.15, 0.2) is 5.69 Å². The summed E-state index contributed by atoms with van der Waals surface area (Å²) in [5.74, 6) is 0.324. The summed E-state index contributed by atoms with van der Waals surface area (Å²) >= 11 is 0. The zero-order valence-corrected chi connectivity index (χ0v) is 10.7. The fraction of sp³-hybridized carbons (Fsp3) is 0.214. The molecule has 4 nitrogen and oxygen atoms in total. The van der Waals surface area contributed by atoms with E-state index in [0.29, 0.717) is 11.4 Å². The standard InChI is InChI=1S/C14H13FN4/c1-9-3-4-11(7-13(9)15)10(2)17-14-6-5-12(8-16)18-19-14/h3-7,10H,1-2H3,(H,17,19). The number of benzene rings is 1. The molecule has 0 bridgehead atoms. The number of aromatic nitrogens is 2. The minimum Gasteiger partial charge on any atom is -0.362 e. The highest BCUT2D eigenvalue weighted by molar-refractivity contribution is 5.39. The molecule has 2 rings (SSSR count). The smallest absolute Gasteiger partial charge is 0.163 e. The van der Waals surface area contributed by atoms with Gasteiger partial charge >= 0.3 is 0 Å². The summed E-state index contributed by atoms with van der Waals surface area (Å²) in [5.41, 5.74) is 1.71. The van der Waals surface area contributed by atoms with E-state index >= 15 is 0 Å². The predicted molar refractivity (Wildman–Crippen MR) is 69.9 cm³/mol. The topological polar surface area (TPSA) is 61.6 Å². The molecule has 0 fully saturated rings. The fourth-order valence-electron chi connectivity index (χ4n) is 1.65. The molecule has 1 atom stereocenters. The Bertz CT molecular complexity index is 616. The van der Waals surface area contributed by atoms with Gasteiger partial charge in [-0.1, -0.05) is 12.1 Å². The van der Waals surface area contributed by atoms with Crippen LogP contribution in [0.5, 0.6) is 0 Å². The van der Waals surface area contributed by atoms with Crippen molar-refractivity contribution in [2.24, 2.45) is 0 Å². The fourth-order valence-corrected chi connectivity index (χ4v) is 1.65.